The molecule has 22 heavy (non-hydrogen) atoms. The van der Waals surface area contributed by atoms with Crippen LogP contribution in [0.4, 0.5) is 11.4 Å². The van der Waals surface area contributed by atoms with Crippen LogP contribution in [0.3, 0.4) is 0 Å². The van der Waals surface area contributed by atoms with Gasteiger partial charge < -0.3 is 9.80 Å². The number of carbonyl (C=O) groups is 1. The lowest BCUT2D eigenvalue weighted by Crippen LogP contribution is -2.37. The van der Waals surface area contributed by atoms with Crippen molar-refractivity contribution >= 4 is 17.3 Å². The first-order valence-corrected chi connectivity index (χ1v) is 7.69. The van der Waals surface area contributed by atoms with E-state index in [1.807, 2.05) is 36.6 Å². The molecule has 1 aliphatic rings. The van der Waals surface area contributed by atoms with Crippen molar-refractivity contribution in [3.05, 3.63) is 33.9 Å². The number of anilines is 1. The van der Waals surface area contributed by atoms with Crippen molar-refractivity contribution in [3.8, 4) is 0 Å². The first kappa shape index (κ1) is 16.3. The van der Waals surface area contributed by atoms with Crippen molar-refractivity contribution < 1.29 is 9.72 Å². The molecule has 0 atom stereocenters. The van der Waals surface area contributed by atoms with E-state index < -0.39 is 0 Å². The summed E-state index contributed by atoms with van der Waals surface area (Å²) >= 11 is 0. The largest absolute Gasteiger partial charge is 0.364 e. The van der Waals surface area contributed by atoms with Gasteiger partial charge in [-0.05, 0) is 18.9 Å². The van der Waals surface area contributed by atoms with Gasteiger partial charge in [0.25, 0.3) is 5.69 Å². The first-order chi connectivity index (χ1) is 10.4. The van der Waals surface area contributed by atoms with Crippen molar-refractivity contribution in [2.24, 2.45) is 5.92 Å². The van der Waals surface area contributed by atoms with E-state index >= 15 is 0 Å². The van der Waals surface area contributed by atoms with E-state index in [4.69, 9.17) is 0 Å². The lowest BCUT2D eigenvalue weighted by atomic mass is 10.1. The zero-order valence-electron chi connectivity index (χ0n) is 13.4. The Labute approximate surface area is 130 Å². The summed E-state index contributed by atoms with van der Waals surface area (Å²) in [6.45, 7) is 8.38. The second kappa shape index (κ2) is 6.77. The lowest BCUT2D eigenvalue weighted by Gasteiger charge is -2.25. The molecule has 1 saturated heterocycles. The van der Waals surface area contributed by atoms with Crippen LogP contribution in [-0.2, 0) is 4.79 Å². The van der Waals surface area contributed by atoms with Crippen molar-refractivity contribution in [1.29, 1.82) is 0 Å². The predicted molar refractivity (Wildman–Crippen MR) is 86.1 cm³/mol. The molecular weight excluding hydrogens is 282 g/mol. The van der Waals surface area contributed by atoms with Gasteiger partial charge in [-0.15, -0.1) is 0 Å². The molecule has 1 aliphatic heterocycles. The number of amides is 1. The SMILES string of the molecule is Cc1cccc([N+](=O)[O-])c1N1CCCN(C(=O)C(C)C)CC1. The van der Waals surface area contributed by atoms with E-state index in [2.05, 4.69) is 0 Å². The molecule has 0 spiro atoms. The van der Waals surface area contributed by atoms with Gasteiger partial charge in [0, 0.05) is 38.2 Å². The van der Waals surface area contributed by atoms with E-state index in [1.165, 1.54) is 0 Å². The van der Waals surface area contributed by atoms with Gasteiger partial charge in [0.1, 0.15) is 5.69 Å². The third-order valence-electron chi connectivity index (χ3n) is 4.03. The van der Waals surface area contributed by atoms with Crippen LogP contribution in [0.1, 0.15) is 25.8 Å². The monoisotopic (exact) mass is 305 g/mol. The second-order valence-electron chi connectivity index (χ2n) is 6.02. The Morgan fingerprint density at radius 2 is 1.95 bits per heavy atom. The number of nitro groups is 1. The van der Waals surface area contributed by atoms with Gasteiger partial charge >= 0.3 is 0 Å². The summed E-state index contributed by atoms with van der Waals surface area (Å²) in [5, 5.41) is 11.3. The Morgan fingerprint density at radius 1 is 1.23 bits per heavy atom. The molecule has 6 heteroatoms. The van der Waals surface area contributed by atoms with Gasteiger partial charge in [-0.3, -0.25) is 14.9 Å². The van der Waals surface area contributed by atoms with Crippen LogP contribution in [0, 0.1) is 23.0 Å². The fourth-order valence-electron chi connectivity index (χ4n) is 2.93. The molecule has 2 rings (SSSR count). The highest BCUT2D eigenvalue weighted by Gasteiger charge is 2.25. The molecule has 1 aromatic carbocycles. The molecule has 0 N–H and O–H groups in total. The molecule has 0 saturated carbocycles. The Balaban J connectivity index is 2.22. The summed E-state index contributed by atoms with van der Waals surface area (Å²) in [6, 6.07) is 5.15. The molecular formula is C16H23N3O3. The number of benzene rings is 1. The minimum absolute atomic E-state index is 0.0145. The summed E-state index contributed by atoms with van der Waals surface area (Å²) in [5.74, 6) is 0.139. The minimum atomic E-state index is -0.329. The van der Waals surface area contributed by atoms with Crippen LogP contribution < -0.4 is 4.90 Å². The fraction of sp³-hybridized carbons (Fsp3) is 0.562. The number of nitro benzene ring substituents is 1. The molecule has 1 amide bonds. The molecule has 0 unspecified atom stereocenters. The molecule has 0 aromatic heterocycles. The van der Waals surface area contributed by atoms with Crippen molar-refractivity contribution in [1.82, 2.24) is 4.90 Å². The standard InChI is InChI=1S/C16H23N3O3/c1-12(2)16(20)18-9-5-8-17(10-11-18)15-13(3)6-4-7-14(15)19(21)22/h4,6-7,12H,5,8-11H2,1-3H3. The van der Waals surface area contributed by atoms with Gasteiger partial charge in [-0.1, -0.05) is 26.0 Å². The highest BCUT2D eigenvalue weighted by molar-refractivity contribution is 5.78. The maximum atomic E-state index is 12.1. The van der Waals surface area contributed by atoms with Crippen molar-refractivity contribution in [2.45, 2.75) is 27.2 Å². The first-order valence-electron chi connectivity index (χ1n) is 7.69. The summed E-state index contributed by atoms with van der Waals surface area (Å²) in [6.07, 6.45) is 0.823. The fourth-order valence-corrected chi connectivity index (χ4v) is 2.93. The van der Waals surface area contributed by atoms with Gasteiger partial charge in [0.2, 0.25) is 5.91 Å². The van der Waals surface area contributed by atoms with Crippen LogP contribution in [0.15, 0.2) is 18.2 Å². The molecule has 120 valence electrons. The Bertz CT molecular complexity index is 572. The number of nitrogens with zero attached hydrogens (tertiary/aromatic N) is 3. The maximum absolute atomic E-state index is 12.1. The highest BCUT2D eigenvalue weighted by atomic mass is 16.6. The van der Waals surface area contributed by atoms with Crippen LogP contribution in [0.5, 0.6) is 0 Å². The predicted octanol–water partition coefficient (Wildman–Crippen LogP) is 2.60. The topological polar surface area (TPSA) is 66.7 Å². The van der Waals surface area contributed by atoms with Gasteiger partial charge in [0.15, 0.2) is 0 Å². The summed E-state index contributed by atoms with van der Waals surface area (Å²) in [5.41, 5.74) is 1.73. The molecule has 1 fully saturated rings. The Kier molecular flexibility index (Phi) is 5.00. The third-order valence-corrected chi connectivity index (χ3v) is 4.03. The zero-order valence-corrected chi connectivity index (χ0v) is 13.4. The molecule has 1 heterocycles. The van der Waals surface area contributed by atoms with Gasteiger partial charge in [0.05, 0.1) is 4.92 Å². The van der Waals surface area contributed by atoms with E-state index in [0.717, 1.165) is 18.5 Å². The van der Waals surface area contributed by atoms with Gasteiger partial charge in [-0.25, -0.2) is 0 Å². The number of hydrogen-bond acceptors (Lipinski definition) is 4. The Morgan fingerprint density at radius 3 is 2.59 bits per heavy atom. The molecule has 0 bridgehead atoms. The van der Waals surface area contributed by atoms with Crippen molar-refractivity contribution in [3.63, 3.8) is 0 Å². The van der Waals surface area contributed by atoms with Gasteiger partial charge in [-0.2, -0.15) is 0 Å². The van der Waals surface area contributed by atoms with E-state index in [0.29, 0.717) is 25.3 Å². The van der Waals surface area contributed by atoms with Crippen LogP contribution in [-0.4, -0.2) is 41.9 Å². The average Bonchev–Trinajstić information content (AvgIpc) is 2.71. The van der Waals surface area contributed by atoms with Crippen LogP contribution in [0.25, 0.3) is 0 Å². The summed E-state index contributed by atoms with van der Waals surface area (Å²) in [7, 11) is 0. The van der Waals surface area contributed by atoms with Crippen LogP contribution in [0.2, 0.25) is 0 Å². The smallest absolute Gasteiger partial charge is 0.292 e. The normalized spacial score (nSPS) is 15.8. The maximum Gasteiger partial charge on any atom is 0.292 e. The highest BCUT2D eigenvalue weighted by Crippen LogP contribution is 2.32. The molecule has 6 nitrogen and oxygen atoms in total. The molecule has 1 aromatic rings. The Hall–Kier alpha value is -2.11. The van der Waals surface area contributed by atoms with E-state index in [9.17, 15) is 14.9 Å². The molecule has 0 radical (unpaired) electrons. The summed E-state index contributed by atoms with van der Waals surface area (Å²) in [4.78, 5) is 27.0. The lowest BCUT2D eigenvalue weighted by molar-refractivity contribution is -0.384. The third kappa shape index (κ3) is 3.37. The number of hydrogen-bond donors (Lipinski definition) is 0. The van der Waals surface area contributed by atoms with Crippen molar-refractivity contribution in [2.75, 3.05) is 31.1 Å². The summed E-state index contributed by atoms with van der Waals surface area (Å²) < 4.78 is 0. The van der Waals surface area contributed by atoms with Crippen LogP contribution >= 0.6 is 0 Å². The number of aryl methyl sites for hydroxylation is 1. The quantitative estimate of drug-likeness (QED) is 0.636. The number of rotatable bonds is 3. The number of carbonyl (C=O) groups excluding carboxylic acids is 1. The van der Waals surface area contributed by atoms with E-state index in [1.54, 1.807) is 12.1 Å². The minimum Gasteiger partial charge on any atom is -0.364 e. The average molecular weight is 305 g/mol. The zero-order chi connectivity index (χ0) is 16.3. The van der Waals surface area contributed by atoms with E-state index in [-0.39, 0.29) is 22.4 Å². The second-order valence-corrected chi connectivity index (χ2v) is 6.02. The number of para-hydroxylation sites is 1. The molecule has 0 aliphatic carbocycles.